The van der Waals surface area contributed by atoms with Crippen molar-refractivity contribution < 1.29 is 4.74 Å². The van der Waals surface area contributed by atoms with Crippen molar-refractivity contribution in [1.82, 2.24) is 5.43 Å². The molecular weight excluding hydrogens is 256 g/mol. The molecule has 3 N–H and O–H groups in total. The van der Waals surface area contributed by atoms with Gasteiger partial charge in [0.25, 0.3) is 0 Å². The van der Waals surface area contributed by atoms with Gasteiger partial charge in [0.05, 0.1) is 16.0 Å². The lowest BCUT2D eigenvalue weighted by molar-refractivity contribution is -0.0680. The number of methoxy groups -OCH3 is 1. The normalized spacial score (nSPS) is 21.4. The monoisotopic (exact) mass is 274 g/mol. The molecule has 0 bridgehead atoms. The molecule has 1 fully saturated rings. The maximum Gasteiger partial charge on any atom is 0.0931 e. The molecule has 17 heavy (non-hydrogen) atoms. The number of hydrogen-bond acceptors (Lipinski definition) is 4. The van der Waals surface area contributed by atoms with Gasteiger partial charge in [-0.15, -0.1) is 11.3 Å². The van der Waals surface area contributed by atoms with Gasteiger partial charge in [-0.2, -0.15) is 0 Å². The van der Waals surface area contributed by atoms with Gasteiger partial charge >= 0.3 is 0 Å². The second-order valence-corrected chi connectivity index (χ2v) is 6.32. The van der Waals surface area contributed by atoms with Crippen LogP contribution in [0.5, 0.6) is 0 Å². The van der Waals surface area contributed by atoms with E-state index in [1.165, 1.54) is 19.3 Å². The highest BCUT2D eigenvalue weighted by molar-refractivity contribution is 7.16. The zero-order valence-electron chi connectivity index (χ0n) is 10.0. The van der Waals surface area contributed by atoms with Gasteiger partial charge in [0.1, 0.15) is 0 Å². The van der Waals surface area contributed by atoms with Gasteiger partial charge in [-0.1, -0.05) is 30.9 Å². The summed E-state index contributed by atoms with van der Waals surface area (Å²) in [4.78, 5) is 1.15. The molecule has 0 amide bonds. The zero-order chi connectivity index (χ0) is 12.3. The Bertz CT molecular complexity index is 363. The van der Waals surface area contributed by atoms with Crippen molar-refractivity contribution in [3.63, 3.8) is 0 Å². The Morgan fingerprint density at radius 1 is 1.41 bits per heavy atom. The summed E-state index contributed by atoms with van der Waals surface area (Å²) in [6.07, 6.45) is 5.78. The molecule has 96 valence electrons. The van der Waals surface area contributed by atoms with Crippen LogP contribution in [0.4, 0.5) is 0 Å². The van der Waals surface area contributed by atoms with Crippen LogP contribution in [0, 0.1) is 0 Å². The molecule has 0 spiro atoms. The minimum atomic E-state index is -0.179. The first-order valence-corrected chi connectivity index (χ1v) is 7.18. The predicted molar refractivity (Wildman–Crippen MR) is 72.2 cm³/mol. The highest BCUT2D eigenvalue weighted by atomic mass is 35.5. The van der Waals surface area contributed by atoms with Crippen molar-refractivity contribution in [1.29, 1.82) is 0 Å². The molecule has 1 atom stereocenters. The fraction of sp³-hybridized carbons (Fsp3) is 0.667. The van der Waals surface area contributed by atoms with E-state index in [9.17, 15) is 0 Å². The van der Waals surface area contributed by atoms with Crippen LogP contribution in [0.1, 0.15) is 43.0 Å². The summed E-state index contributed by atoms with van der Waals surface area (Å²) in [7, 11) is 1.78. The lowest BCUT2D eigenvalue weighted by Gasteiger charge is -2.41. The number of halogens is 1. The molecule has 2 rings (SSSR count). The van der Waals surface area contributed by atoms with E-state index in [0.717, 1.165) is 22.1 Å². The average Bonchev–Trinajstić information content (AvgIpc) is 2.78. The van der Waals surface area contributed by atoms with Crippen LogP contribution in [0.2, 0.25) is 4.34 Å². The van der Waals surface area contributed by atoms with Crippen LogP contribution in [0.3, 0.4) is 0 Å². The maximum absolute atomic E-state index is 6.00. The van der Waals surface area contributed by atoms with E-state index >= 15 is 0 Å². The largest absolute Gasteiger partial charge is 0.376 e. The van der Waals surface area contributed by atoms with Gasteiger partial charge in [0, 0.05) is 12.0 Å². The molecule has 5 heteroatoms. The van der Waals surface area contributed by atoms with E-state index in [-0.39, 0.29) is 11.6 Å². The van der Waals surface area contributed by atoms with Crippen LogP contribution in [0.15, 0.2) is 12.1 Å². The molecule has 1 aromatic rings. The first-order chi connectivity index (χ1) is 8.22. The molecule has 1 saturated carbocycles. The Kier molecular flexibility index (Phi) is 4.44. The quantitative estimate of drug-likeness (QED) is 0.654. The summed E-state index contributed by atoms with van der Waals surface area (Å²) < 4.78 is 6.61. The topological polar surface area (TPSA) is 47.3 Å². The second kappa shape index (κ2) is 5.67. The molecule has 1 aromatic heterocycles. The van der Waals surface area contributed by atoms with Gasteiger partial charge in [-0.3, -0.25) is 5.84 Å². The lowest BCUT2D eigenvalue weighted by Crippen LogP contribution is -2.48. The molecule has 0 aliphatic heterocycles. The molecule has 0 radical (unpaired) electrons. The molecule has 0 aromatic carbocycles. The average molecular weight is 275 g/mol. The van der Waals surface area contributed by atoms with Gasteiger partial charge in [0.2, 0.25) is 0 Å². The molecule has 1 unspecified atom stereocenters. The van der Waals surface area contributed by atoms with Gasteiger partial charge in [-0.05, 0) is 25.0 Å². The zero-order valence-corrected chi connectivity index (χ0v) is 11.6. The first kappa shape index (κ1) is 13.3. The van der Waals surface area contributed by atoms with E-state index in [2.05, 4.69) is 5.43 Å². The van der Waals surface area contributed by atoms with Crippen LogP contribution < -0.4 is 11.3 Å². The summed E-state index contributed by atoms with van der Waals surface area (Å²) in [6, 6.07) is 3.98. The van der Waals surface area contributed by atoms with E-state index < -0.39 is 0 Å². The van der Waals surface area contributed by atoms with Crippen molar-refractivity contribution in [2.45, 2.75) is 43.7 Å². The van der Waals surface area contributed by atoms with Crippen LogP contribution in [0.25, 0.3) is 0 Å². The van der Waals surface area contributed by atoms with Crippen molar-refractivity contribution in [3.05, 3.63) is 21.3 Å². The van der Waals surface area contributed by atoms with E-state index in [1.54, 1.807) is 18.4 Å². The van der Waals surface area contributed by atoms with Crippen LogP contribution >= 0.6 is 22.9 Å². The number of rotatable bonds is 4. The molecule has 1 aliphatic carbocycles. The van der Waals surface area contributed by atoms with Crippen LogP contribution in [-0.2, 0) is 4.74 Å². The Hall–Kier alpha value is -0.130. The van der Waals surface area contributed by atoms with E-state index in [4.69, 9.17) is 22.2 Å². The number of hydrazine groups is 1. The Labute approximate surface area is 111 Å². The third kappa shape index (κ3) is 2.66. The van der Waals surface area contributed by atoms with Crippen molar-refractivity contribution in [2.75, 3.05) is 7.11 Å². The maximum atomic E-state index is 6.00. The third-order valence-electron chi connectivity index (χ3n) is 3.68. The second-order valence-electron chi connectivity index (χ2n) is 4.57. The number of hydrogen-bond donors (Lipinski definition) is 2. The Balaban J connectivity index is 2.26. The predicted octanol–water partition coefficient (Wildman–Crippen LogP) is 3.26. The fourth-order valence-electron chi connectivity index (χ4n) is 2.74. The first-order valence-electron chi connectivity index (χ1n) is 5.98. The highest BCUT2D eigenvalue weighted by Gasteiger charge is 2.41. The smallest absolute Gasteiger partial charge is 0.0931 e. The minimum Gasteiger partial charge on any atom is -0.376 e. The summed E-state index contributed by atoms with van der Waals surface area (Å²) in [5.41, 5.74) is 2.74. The summed E-state index contributed by atoms with van der Waals surface area (Å²) >= 11 is 7.57. The Morgan fingerprint density at radius 2 is 2.12 bits per heavy atom. The molecule has 3 nitrogen and oxygen atoms in total. The molecule has 0 saturated heterocycles. The summed E-state index contributed by atoms with van der Waals surface area (Å²) in [5, 5.41) is 0. The van der Waals surface area contributed by atoms with Gasteiger partial charge in [-0.25, -0.2) is 5.43 Å². The summed E-state index contributed by atoms with van der Waals surface area (Å²) in [5.74, 6) is 5.74. The number of ether oxygens (including phenoxy) is 1. The molecule has 1 heterocycles. The van der Waals surface area contributed by atoms with E-state index in [1.807, 2.05) is 12.1 Å². The molecular formula is C12H19ClN2OS. The van der Waals surface area contributed by atoms with Gasteiger partial charge in [0.15, 0.2) is 0 Å². The van der Waals surface area contributed by atoms with E-state index in [0.29, 0.717) is 0 Å². The van der Waals surface area contributed by atoms with Crippen molar-refractivity contribution >= 4 is 22.9 Å². The lowest BCUT2D eigenvalue weighted by atomic mass is 9.79. The summed E-state index contributed by atoms with van der Waals surface area (Å²) in [6.45, 7) is 0. The minimum absolute atomic E-state index is 0.0327. The number of nitrogens with one attached hydrogen (secondary N) is 1. The third-order valence-corrected chi connectivity index (χ3v) is 4.97. The standard InChI is InChI=1S/C12H19ClN2OS/c1-16-12(7-3-2-4-8-12)11(15-14)9-5-6-10(13)17-9/h5-6,11,15H,2-4,7-8,14H2,1H3. The van der Waals surface area contributed by atoms with Gasteiger partial charge < -0.3 is 4.74 Å². The fourth-order valence-corrected chi connectivity index (χ4v) is 3.97. The van der Waals surface area contributed by atoms with Crippen LogP contribution in [-0.4, -0.2) is 12.7 Å². The van der Waals surface area contributed by atoms with Crippen molar-refractivity contribution in [3.8, 4) is 0 Å². The highest BCUT2D eigenvalue weighted by Crippen LogP contribution is 2.43. The van der Waals surface area contributed by atoms with Crippen molar-refractivity contribution in [2.24, 2.45) is 5.84 Å². The number of nitrogens with two attached hydrogens (primary N) is 1. The number of thiophene rings is 1. The Morgan fingerprint density at radius 3 is 2.59 bits per heavy atom. The SMILES string of the molecule is COC1(C(NN)c2ccc(Cl)s2)CCCCC1. The molecule has 1 aliphatic rings.